The van der Waals surface area contributed by atoms with Gasteiger partial charge < -0.3 is 5.73 Å². The van der Waals surface area contributed by atoms with Crippen LogP contribution in [0.3, 0.4) is 0 Å². The van der Waals surface area contributed by atoms with Gasteiger partial charge in [0.05, 0.1) is 0 Å². The largest absolute Gasteiger partial charge is 0.329 e. The van der Waals surface area contributed by atoms with Gasteiger partial charge in [-0.2, -0.15) is 0 Å². The molecule has 1 unspecified atom stereocenters. The van der Waals surface area contributed by atoms with E-state index in [0.29, 0.717) is 6.04 Å². The number of hydrogen-bond donors (Lipinski definition) is 1. The molecule has 0 aromatic carbocycles. The molecule has 2 nitrogen and oxygen atoms in total. The van der Waals surface area contributed by atoms with Crippen LogP contribution in [-0.4, -0.2) is 30.6 Å². The second-order valence-corrected chi connectivity index (χ2v) is 5.26. The van der Waals surface area contributed by atoms with Gasteiger partial charge in [0.1, 0.15) is 0 Å². The minimum Gasteiger partial charge on any atom is -0.329 e. The summed E-state index contributed by atoms with van der Waals surface area (Å²) in [6.07, 6.45) is 9.82. The smallest absolute Gasteiger partial charge is 0.0220 e. The van der Waals surface area contributed by atoms with Crippen molar-refractivity contribution in [2.24, 2.45) is 11.7 Å². The van der Waals surface area contributed by atoms with E-state index in [0.717, 1.165) is 19.0 Å². The number of rotatable bonds is 7. The summed E-state index contributed by atoms with van der Waals surface area (Å²) < 4.78 is 0. The third-order valence-electron chi connectivity index (χ3n) is 4.04. The molecule has 0 spiro atoms. The molecule has 1 fully saturated rings. The zero-order chi connectivity index (χ0) is 11.8. The highest BCUT2D eigenvalue weighted by Gasteiger charge is 2.21. The molecule has 0 aromatic heterocycles. The summed E-state index contributed by atoms with van der Waals surface area (Å²) in [7, 11) is 0. The van der Waals surface area contributed by atoms with E-state index in [-0.39, 0.29) is 0 Å². The molecule has 0 amide bonds. The van der Waals surface area contributed by atoms with Gasteiger partial charge in [-0.05, 0) is 31.8 Å². The first-order chi connectivity index (χ1) is 7.81. The highest BCUT2D eigenvalue weighted by atomic mass is 15.2. The van der Waals surface area contributed by atoms with Crippen molar-refractivity contribution in [2.75, 3.05) is 19.6 Å². The molecule has 0 saturated heterocycles. The molecule has 1 rings (SSSR count). The Labute approximate surface area is 102 Å². The molecule has 1 aliphatic carbocycles. The molecular weight excluding hydrogens is 196 g/mol. The third-order valence-corrected chi connectivity index (χ3v) is 4.04. The van der Waals surface area contributed by atoms with Gasteiger partial charge in [-0.1, -0.05) is 46.0 Å². The topological polar surface area (TPSA) is 29.3 Å². The summed E-state index contributed by atoms with van der Waals surface area (Å²) in [6, 6.07) is 0.632. The van der Waals surface area contributed by atoms with E-state index in [1.165, 1.54) is 51.5 Å². The molecule has 1 atom stereocenters. The van der Waals surface area contributed by atoms with Crippen molar-refractivity contribution in [3.63, 3.8) is 0 Å². The quantitative estimate of drug-likeness (QED) is 0.723. The molecule has 1 saturated carbocycles. The zero-order valence-electron chi connectivity index (χ0n) is 11.3. The second-order valence-electron chi connectivity index (χ2n) is 5.26. The lowest BCUT2D eigenvalue weighted by atomic mass is 9.84. The fourth-order valence-electron chi connectivity index (χ4n) is 3.09. The van der Waals surface area contributed by atoms with Crippen LogP contribution in [0.1, 0.15) is 58.8 Å². The number of likely N-dealkylation sites (N-methyl/N-ethyl adjacent to an activating group) is 1. The SMILES string of the molecule is CCCN(CC)C(CN)CC1CCCCC1. The lowest BCUT2D eigenvalue weighted by molar-refractivity contribution is 0.167. The second kappa shape index (κ2) is 8.08. The van der Waals surface area contributed by atoms with E-state index in [9.17, 15) is 0 Å². The van der Waals surface area contributed by atoms with Gasteiger partial charge in [-0.25, -0.2) is 0 Å². The first-order valence-corrected chi connectivity index (χ1v) is 7.25. The Kier molecular flexibility index (Phi) is 7.06. The molecule has 0 radical (unpaired) electrons. The fraction of sp³-hybridized carbons (Fsp3) is 1.00. The van der Waals surface area contributed by atoms with Gasteiger partial charge in [0.2, 0.25) is 0 Å². The Bertz CT molecular complexity index is 164. The van der Waals surface area contributed by atoms with E-state index in [1.807, 2.05) is 0 Å². The van der Waals surface area contributed by atoms with Crippen molar-refractivity contribution < 1.29 is 0 Å². The van der Waals surface area contributed by atoms with Crippen molar-refractivity contribution in [1.82, 2.24) is 4.90 Å². The van der Waals surface area contributed by atoms with Crippen LogP contribution in [0.15, 0.2) is 0 Å². The predicted octanol–water partition coefficient (Wildman–Crippen LogP) is 3.02. The first kappa shape index (κ1) is 14.0. The lowest BCUT2D eigenvalue weighted by Gasteiger charge is -2.33. The summed E-state index contributed by atoms with van der Waals surface area (Å²) in [5, 5.41) is 0. The summed E-state index contributed by atoms with van der Waals surface area (Å²) in [5.41, 5.74) is 5.96. The Morgan fingerprint density at radius 1 is 1.19 bits per heavy atom. The average molecular weight is 226 g/mol. The van der Waals surface area contributed by atoms with Gasteiger partial charge in [-0.15, -0.1) is 0 Å². The fourth-order valence-corrected chi connectivity index (χ4v) is 3.09. The van der Waals surface area contributed by atoms with Gasteiger partial charge >= 0.3 is 0 Å². The Balaban J connectivity index is 2.38. The Morgan fingerprint density at radius 3 is 2.38 bits per heavy atom. The van der Waals surface area contributed by atoms with Gasteiger partial charge in [-0.3, -0.25) is 4.90 Å². The van der Waals surface area contributed by atoms with E-state index in [1.54, 1.807) is 0 Å². The highest BCUT2D eigenvalue weighted by molar-refractivity contribution is 4.77. The van der Waals surface area contributed by atoms with Crippen molar-refractivity contribution >= 4 is 0 Å². The van der Waals surface area contributed by atoms with Crippen LogP contribution in [-0.2, 0) is 0 Å². The normalized spacial score (nSPS) is 20.2. The predicted molar refractivity (Wildman–Crippen MR) is 71.6 cm³/mol. The summed E-state index contributed by atoms with van der Waals surface area (Å²) >= 11 is 0. The van der Waals surface area contributed by atoms with Crippen LogP contribution in [0, 0.1) is 5.92 Å². The molecule has 1 aliphatic rings. The molecular formula is C14H30N2. The van der Waals surface area contributed by atoms with Crippen molar-refractivity contribution in [3.8, 4) is 0 Å². The van der Waals surface area contributed by atoms with Crippen LogP contribution in [0.5, 0.6) is 0 Å². The molecule has 0 heterocycles. The van der Waals surface area contributed by atoms with Crippen LogP contribution in [0.25, 0.3) is 0 Å². The molecule has 0 aromatic rings. The van der Waals surface area contributed by atoms with Gasteiger partial charge in [0.25, 0.3) is 0 Å². The standard InChI is InChI=1S/C14H30N2/c1-3-10-16(4-2)14(12-15)11-13-8-6-5-7-9-13/h13-14H,3-12,15H2,1-2H3. The maximum Gasteiger partial charge on any atom is 0.0220 e. The third kappa shape index (κ3) is 4.42. The van der Waals surface area contributed by atoms with E-state index in [2.05, 4.69) is 18.7 Å². The maximum atomic E-state index is 5.96. The molecule has 96 valence electrons. The van der Waals surface area contributed by atoms with E-state index < -0.39 is 0 Å². The van der Waals surface area contributed by atoms with Crippen molar-refractivity contribution in [2.45, 2.75) is 64.8 Å². The van der Waals surface area contributed by atoms with Crippen LogP contribution in [0.2, 0.25) is 0 Å². The van der Waals surface area contributed by atoms with Crippen LogP contribution >= 0.6 is 0 Å². The molecule has 16 heavy (non-hydrogen) atoms. The lowest BCUT2D eigenvalue weighted by Crippen LogP contribution is -2.42. The summed E-state index contributed by atoms with van der Waals surface area (Å²) in [4.78, 5) is 2.58. The molecule has 2 heteroatoms. The number of nitrogens with two attached hydrogens (primary N) is 1. The first-order valence-electron chi connectivity index (χ1n) is 7.25. The minimum atomic E-state index is 0.632. The van der Waals surface area contributed by atoms with Crippen LogP contribution in [0.4, 0.5) is 0 Å². The van der Waals surface area contributed by atoms with Crippen molar-refractivity contribution in [1.29, 1.82) is 0 Å². The highest BCUT2D eigenvalue weighted by Crippen LogP contribution is 2.28. The average Bonchev–Trinajstić information content (AvgIpc) is 2.35. The summed E-state index contributed by atoms with van der Waals surface area (Å²) in [5.74, 6) is 0.952. The van der Waals surface area contributed by atoms with E-state index >= 15 is 0 Å². The van der Waals surface area contributed by atoms with Gasteiger partial charge in [0.15, 0.2) is 0 Å². The summed E-state index contributed by atoms with van der Waals surface area (Å²) in [6.45, 7) is 7.73. The monoisotopic (exact) mass is 226 g/mol. The number of hydrogen-bond acceptors (Lipinski definition) is 2. The van der Waals surface area contributed by atoms with E-state index in [4.69, 9.17) is 5.73 Å². The molecule has 0 bridgehead atoms. The minimum absolute atomic E-state index is 0.632. The van der Waals surface area contributed by atoms with Crippen molar-refractivity contribution in [3.05, 3.63) is 0 Å². The number of nitrogens with zero attached hydrogens (tertiary/aromatic N) is 1. The Hall–Kier alpha value is -0.0800. The van der Waals surface area contributed by atoms with Gasteiger partial charge in [0, 0.05) is 12.6 Å². The zero-order valence-corrected chi connectivity index (χ0v) is 11.3. The molecule has 0 aliphatic heterocycles. The Morgan fingerprint density at radius 2 is 1.88 bits per heavy atom. The molecule has 2 N–H and O–H groups in total. The maximum absolute atomic E-state index is 5.96. The van der Waals surface area contributed by atoms with Crippen LogP contribution < -0.4 is 5.73 Å².